The molecule has 4 N–H and O–H groups in total. The molecule has 0 heterocycles. The van der Waals surface area contributed by atoms with E-state index in [0.29, 0.717) is 19.0 Å². The van der Waals surface area contributed by atoms with Crippen molar-refractivity contribution in [3.63, 3.8) is 0 Å². The Bertz CT molecular complexity index is 854. The number of sulfonamides is 1. The fourth-order valence-corrected chi connectivity index (χ4v) is 3.08. The van der Waals surface area contributed by atoms with E-state index in [-0.39, 0.29) is 28.9 Å². The molecule has 0 saturated heterocycles. The number of rotatable bonds is 6. The van der Waals surface area contributed by atoms with Gasteiger partial charge in [-0.3, -0.25) is 4.99 Å². The fraction of sp³-hybridized carbons (Fsp3) is 0.278. The first-order valence-corrected chi connectivity index (χ1v) is 9.61. The van der Waals surface area contributed by atoms with Gasteiger partial charge in [-0.15, -0.1) is 24.0 Å². The van der Waals surface area contributed by atoms with Crippen LogP contribution in [-0.2, 0) is 29.5 Å². The molecule has 2 aromatic rings. The van der Waals surface area contributed by atoms with Crippen molar-refractivity contribution in [2.75, 3.05) is 7.05 Å². The van der Waals surface area contributed by atoms with Gasteiger partial charge in [-0.05, 0) is 35.2 Å². The number of primary sulfonamides is 1. The summed E-state index contributed by atoms with van der Waals surface area (Å²) < 4.78 is 22.8. The smallest absolute Gasteiger partial charge is 0.238 e. The molecule has 0 aliphatic rings. The molecule has 2 aromatic carbocycles. The molecule has 8 heteroatoms. The minimum absolute atomic E-state index is 0. The first-order chi connectivity index (χ1) is 11.9. The quantitative estimate of drug-likeness (QED) is 0.331. The zero-order chi connectivity index (χ0) is 18.3. The standard InChI is InChI=1S/C18H24N4O2S.HI/c1-3-15-8-4-5-9-16(15)13-22-18(20-2)21-12-14-7-6-10-17(11-14)25(19,23)24;/h4-11H,3,12-13H2,1-2H3,(H2,19,23,24)(H2,20,21,22);1H. The monoisotopic (exact) mass is 488 g/mol. The fourth-order valence-electron chi connectivity index (χ4n) is 2.49. The summed E-state index contributed by atoms with van der Waals surface area (Å²) in [5.41, 5.74) is 3.33. The number of halogens is 1. The maximum atomic E-state index is 11.4. The average molecular weight is 488 g/mol. The van der Waals surface area contributed by atoms with Gasteiger partial charge in [0.15, 0.2) is 5.96 Å². The molecule has 0 aromatic heterocycles. The van der Waals surface area contributed by atoms with Crippen LogP contribution in [0, 0.1) is 0 Å². The summed E-state index contributed by atoms with van der Waals surface area (Å²) in [6.07, 6.45) is 0.976. The summed E-state index contributed by atoms with van der Waals surface area (Å²) in [6, 6.07) is 14.8. The maximum Gasteiger partial charge on any atom is 0.238 e. The van der Waals surface area contributed by atoms with E-state index >= 15 is 0 Å². The van der Waals surface area contributed by atoms with Gasteiger partial charge in [0.2, 0.25) is 10.0 Å². The van der Waals surface area contributed by atoms with Crippen molar-refractivity contribution < 1.29 is 8.42 Å². The molecule has 26 heavy (non-hydrogen) atoms. The Hall–Kier alpha value is -1.65. The Morgan fingerprint density at radius 3 is 2.31 bits per heavy atom. The molecule has 0 unspecified atom stereocenters. The number of aliphatic imine (C=N–C) groups is 1. The van der Waals surface area contributed by atoms with Gasteiger partial charge in [-0.2, -0.15) is 0 Å². The van der Waals surface area contributed by atoms with Crippen LogP contribution in [0.4, 0.5) is 0 Å². The molecule has 0 atom stereocenters. The van der Waals surface area contributed by atoms with Crippen molar-refractivity contribution >= 4 is 40.0 Å². The number of aryl methyl sites for hydroxylation is 1. The van der Waals surface area contributed by atoms with E-state index in [1.807, 2.05) is 18.2 Å². The number of nitrogens with two attached hydrogens (primary N) is 1. The zero-order valence-corrected chi connectivity index (χ0v) is 18.0. The second-order valence-electron chi connectivity index (χ2n) is 5.59. The van der Waals surface area contributed by atoms with Gasteiger partial charge in [-0.1, -0.05) is 43.3 Å². The lowest BCUT2D eigenvalue weighted by Crippen LogP contribution is -2.36. The molecule has 6 nitrogen and oxygen atoms in total. The van der Waals surface area contributed by atoms with E-state index < -0.39 is 10.0 Å². The number of nitrogens with one attached hydrogen (secondary N) is 2. The van der Waals surface area contributed by atoms with Crippen LogP contribution in [0.2, 0.25) is 0 Å². The van der Waals surface area contributed by atoms with E-state index in [2.05, 4.69) is 34.7 Å². The van der Waals surface area contributed by atoms with Crippen LogP contribution in [0.25, 0.3) is 0 Å². The van der Waals surface area contributed by atoms with Crippen LogP contribution < -0.4 is 15.8 Å². The summed E-state index contributed by atoms with van der Waals surface area (Å²) >= 11 is 0. The van der Waals surface area contributed by atoms with Crippen LogP contribution in [0.1, 0.15) is 23.6 Å². The van der Waals surface area contributed by atoms with E-state index in [1.54, 1.807) is 19.2 Å². The Balaban J connectivity index is 0.00000338. The highest BCUT2D eigenvalue weighted by Crippen LogP contribution is 2.10. The SMILES string of the molecule is CCc1ccccc1CNC(=NC)NCc1cccc(S(N)(=O)=O)c1.I. The summed E-state index contributed by atoms with van der Waals surface area (Å²) in [5, 5.41) is 11.6. The van der Waals surface area contributed by atoms with Gasteiger partial charge >= 0.3 is 0 Å². The molecule has 0 fully saturated rings. The first-order valence-electron chi connectivity index (χ1n) is 8.07. The second kappa shape index (κ2) is 10.5. The minimum Gasteiger partial charge on any atom is -0.352 e. The van der Waals surface area contributed by atoms with E-state index in [0.717, 1.165) is 12.0 Å². The molecule has 0 bridgehead atoms. The van der Waals surface area contributed by atoms with Gasteiger partial charge in [0.05, 0.1) is 4.90 Å². The molecular formula is C18H25IN4O2S. The highest BCUT2D eigenvalue weighted by atomic mass is 127. The lowest BCUT2D eigenvalue weighted by Gasteiger charge is -2.14. The summed E-state index contributed by atoms with van der Waals surface area (Å²) in [4.78, 5) is 4.30. The summed E-state index contributed by atoms with van der Waals surface area (Å²) in [5.74, 6) is 0.645. The van der Waals surface area contributed by atoms with Gasteiger partial charge in [0.1, 0.15) is 0 Å². The second-order valence-corrected chi connectivity index (χ2v) is 7.16. The molecule has 2 rings (SSSR count). The van der Waals surface area contributed by atoms with E-state index in [9.17, 15) is 8.42 Å². The number of nitrogens with zero attached hydrogens (tertiary/aromatic N) is 1. The van der Waals surface area contributed by atoms with Crippen molar-refractivity contribution in [2.24, 2.45) is 10.1 Å². The van der Waals surface area contributed by atoms with E-state index in [4.69, 9.17) is 5.14 Å². The Morgan fingerprint density at radius 2 is 1.69 bits per heavy atom. The van der Waals surface area contributed by atoms with Gasteiger partial charge in [0, 0.05) is 20.1 Å². The lowest BCUT2D eigenvalue weighted by molar-refractivity contribution is 0.597. The van der Waals surface area contributed by atoms with Crippen LogP contribution in [0.5, 0.6) is 0 Å². The molecule has 0 saturated carbocycles. The van der Waals surface area contributed by atoms with E-state index in [1.165, 1.54) is 17.2 Å². The molecule has 0 spiro atoms. The van der Waals surface area contributed by atoms with Crippen molar-refractivity contribution in [3.8, 4) is 0 Å². The van der Waals surface area contributed by atoms with Crippen LogP contribution in [0.15, 0.2) is 58.4 Å². The predicted octanol–water partition coefficient (Wildman–Crippen LogP) is 2.38. The third-order valence-corrected chi connectivity index (χ3v) is 4.77. The summed E-state index contributed by atoms with van der Waals surface area (Å²) in [7, 11) is -2.00. The Labute approximate surface area is 172 Å². The normalized spacial score (nSPS) is 11.6. The molecular weight excluding hydrogens is 463 g/mol. The zero-order valence-electron chi connectivity index (χ0n) is 14.9. The predicted molar refractivity (Wildman–Crippen MR) is 116 cm³/mol. The molecule has 0 aliphatic carbocycles. The number of benzene rings is 2. The average Bonchev–Trinajstić information content (AvgIpc) is 2.61. The highest BCUT2D eigenvalue weighted by Gasteiger charge is 2.08. The van der Waals surface area contributed by atoms with Crippen LogP contribution >= 0.6 is 24.0 Å². The van der Waals surface area contributed by atoms with Crippen molar-refractivity contribution in [1.82, 2.24) is 10.6 Å². The van der Waals surface area contributed by atoms with Crippen molar-refractivity contribution in [2.45, 2.75) is 31.3 Å². The van der Waals surface area contributed by atoms with Crippen LogP contribution in [-0.4, -0.2) is 21.4 Å². The molecule has 0 radical (unpaired) electrons. The number of guanidine groups is 1. The van der Waals surface area contributed by atoms with Gasteiger partial charge in [-0.25, -0.2) is 13.6 Å². The third-order valence-electron chi connectivity index (χ3n) is 3.86. The number of hydrogen-bond acceptors (Lipinski definition) is 3. The third kappa shape index (κ3) is 6.58. The maximum absolute atomic E-state index is 11.4. The van der Waals surface area contributed by atoms with Crippen molar-refractivity contribution in [3.05, 3.63) is 65.2 Å². The number of hydrogen-bond donors (Lipinski definition) is 3. The van der Waals surface area contributed by atoms with Gasteiger partial charge < -0.3 is 10.6 Å². The summed E-state index contributed by atoms with van der Waals surface area (Å²) in [6.45, 7) is 3.24. The largest absolute Gasteiger partial charge is 0.352 e. The molecule has 0 amide bonds. The van der Waals surface area contributed by atoms with Crippen LogP contribution in [0.3, 0.4) is 0 Å². The minimum atomic E-state index is -3.70. The molecule has 0 aliphatic heterocycles. The van der Waals surface area contributed by atoms with Gasteiger partial charge in [0.25, 0.3) is 0 Å². The Kier molecular flexibility index (Phi) is 9.03. The first kappa shape index (κ1) is 22.4. The lowest BCUT2D eigenvalue weighted by atomic mass is 10.1. The topological polar surface area (TPSA) is 96.6 Å². The molecule has 142 valence electrons. The highest BCUT2D eigenvalue weighted by molar-refractivity contribution is 14.0. The Morgan fingerprint density at radius 1 is 1.04 bits per heavy atom. The van der Waals surface area contributed by atoms with Crippen molar-refractivity contribution in [1.29, 1.82) is 0 Å².